The van der Waals surface area contributed by atoms with Crippen LogP contribution in [0.5, 0.6) is 0 Å². The Balaban J connectivity index is 2.13. The van der Waals surface area contributed by atoms with Gasteiger partial charge in [-0.25, -0.2) is 9.37 Å². The van der Waals surface area contributed by atoms with Crippen molar-refractivity contribution in [1.82, 2.24) is 9.88 Å². The molecule has 0 unspecified atom stereocenters. The molecule has 2 N–H and O–H groups in total. The van der Waals surface area contributed by atoms with Gasteiger partial charge in [-0.15, -0.1) is 11.3 Å². The zero-order chi connectivity index (χ0) is 15.2. The molecule has 0 spiro atoms. The Morgan fingerprint density at radius 3 is 2.86 bits per heavy atom. The lowest BCUT2D eigenvalue weighted by Crippen LogP contribution is -2.18. The number of hydrogen-bond acceptors (Lipinski definition) is 4. The molecule has 1 heterocycles. The van der Waals surface area contributed by atoms with E-state index in [-0.39, 0.29) is 12.4 Å². The quantitative estimate of drug-likeness (QED) is 0.883. The van der Waals surface area contributed by atoms with E-state index in [9.17, 15) is 4.39 Å². The molecule has 0 fully saturated rings. The summed E-state index contributed by atoms with van der Waals surface area (Å²) in [5.74, 6) is 5.45. The molecule has 1 aromatic carbocycles. The summed E-state index contributed by atoms with van der Waals surface area (Å²) in [7, 11) is 2.03. The Hall–Kier alpha value is -1.74. The molecule has 0 aliphatic carbocycles. The lowest BCUT2D eigenvalue weighted by atomic mass is 10.1. The van der Waals surface area contributed by atoms with Crippen LogP contribution in [0, 0.1) is 24.6 Å². The maximum Gasteiger partial charge on any atom is 0.124 e. The second-order valence-electron chi connectivity index (χ2n) is 4.84. The number of hydrogen-bond donors (Lipinski definition) is 1. The number of nitrogens with two attached hydrogens (primary N) is 1. The molecule has 0 saturated heterocycles. The number of thiazole rings is 1. The summed E-state index contributed by atoms with van der Waals surface area (Å²) >= 11 is 1.65. The minimum absolute atomic E-state index is 0.270. The summed E-state index contributed by atoms with van der Waals surface area (Å²) in [6.45, 7) is 3.80. The molecule has 2 aromatic rings. The fourth-order valence-electron chi connectivity index (χ4n) is 2.02. The Labute approximate surface area is 128 Å². The van der Waals surface area contributed by atoms with Crippen molar-refractivity contribution in [2.45, 2.75) is 20.0 Å². The largest absolute Gasteiger partial charge is 0.320 e. The van der Waals surface area contributed by atoms with E-state index in [1.807, 2.05) is 19.5 Å². The number of aromatic nitrogens is 1. The Kier molecular flexibility index (Phi) is 5.45. The zero-order valence-corrected chi connectivity index (χ0v) is 13.0. The third-order valence-corrected chi connectivity index (χ3v) is 4.02. The van der Waals surface area contributed by atoms with Gasteiger partial charge in [0.15, 0.2) is 0 Å². The topological polar surface area (TPSA) is 42.2 Å². The van der Waals surface area contributed by atoms with E-state index in [2.05, 4.69) is 21.7 Å². The summed E-state index contributed by atoms with van der Waals surface area (Å²) in [4.78, 5) is 7.67. The molecular formula is C16H18FN3S. The first-order valence-electron chi connectivity index (χ1n) is 6.65. The van der Waals surface area contributed by atoms with Gasteiger partial charge in [-0.3, -0.25) is 4.90 Å². The normalized spacial score (nSPS) is 10.5. The van der Waals surface area contributed by atoms with Crippen LogP contribution in [0.15, 0.2) is 23.7 Å². The molecule has 21 heavy (non-hydrogen) atoms. The van der Waals surface area contributed by atoms with Crippen LogP contribution in [-0.2, 0) is 13.1 Å². The summed E-state index contributed by atoms with van der Waals surface area (Å²) < 4.78 is 13.4. The zero-order valence-electron chi connectivity index (χ0n) is 12.2. The van der Waals surface area contributed by atoms with E-state index >= 15 is 0 Å². The number of halogens is 1. The molecule has 0 saturated carbocycles. The van der Waals surface area contributed by atoms with Gasteiger partial charge in [-0.2, -0.15) is 0 Å². The third-order valence-electron chi connectivity index (χ3n) is 3.10. The van der Waals surface area contributed by atoms with Crippen molar-refractivity contribution >= 4 is 11.3 Å². The van der Waals surface area contributed by atoms with E-state index in [0.29, 0.717) is 12.1 Å². The first kappa shape index (κ1) is 15.6. The molecule has 0 radical (unpaired) electrons. The highest BCUT2D eigenvalue weighted by molar-refractivity contribution is 7.09. The Morgan fingerprint density at radius 1 is 1.38 bits per heavy atom. The Bertz CT molecular complexity index is 670. The van der Waals surface area contributed by atoms with Gasteiger partial charge >= 0.3 is 0 Å². The average Bonchev–Trinajstić information content (AvgIpc) is 2.84. The van der Waals surface area contributed by atoms with Crippen molar-refractivity contribution in [3.05, 3.63) is 51.2 Å². The molecule has 0 aliphatic heterocycles. The SMILES string of the molecule is Cc1ncsc1CN(C)Cc1ccc(F)cc1C#CCN. The van der Waals surface area contributed by atoms with Crippen molar-refractivity contribution in [2.24, 2.45) is 5.73 Å². The highest BCUT2D eigenvalue weighted by Crippen LogP contribution is 2.17. The molecule has 0 amide bonds. The predicted octanol–water partition coefficient (Wildman–Crippen LogP) is 2.53. The van der Waals surface area contributed by atoms with Crippen LogP contribution in [-0.4, -0.2) is 23.5 Å². The summed E-state index contributed by atoms with van der Waals surface area (Å²) in [5, 5.41) is 0. The number of benzene rings is 1. The van der Waals surface area contributed by atoms with E-state index < -0.39 is 0 Å². The molecule has 110 valence electrons. The summed E-state index contributed by atoms with van der Waals surface area (Å²) in [6, 6.07) is 4.71. The molecule has 1 aromatic heterocycles. The van der Waals surface area contributed by atoms with Crippen LogP contribution < -0.4 is 5.73 Å². The Morgan fingerprint density at radius 2 is 2.19 bits per heavy atom. The minimum atomic E-state index is -0.277. The third kappa shape index (κ3) is 4.36. The second-order valence-corrected chi connectivity index (χ2v) is 5.78. The van der Waals surface area contributed by atoms with E-state index in [1.54, 1.807) is 17.4 Å². The van der Waals surface area contributed by atoms with Crippen LogP contribution in [0.25, 0.3) is 0 Å². The molecule has 0 bridgehead atoms. The van der Waals surface area contributed by atoms with Crippen LogP contribution in [0.3, 0.4) is 0 Å². The molecular weight excluding hydrogens is 285 g/mol. The first-order chi connectivity index (χ1) is 10.1. The van der Waals surface area contributed by atoms with Gasteiger partial charge in [0.2, 0.25) is 0 Å². The number of rotatable bonds is 4. The minimum Gasteiger partial charge on any atom is -0.320 e. The predicted molar refractivity (Wildman–Crippen MR) is 84.4 cm³/mol. The van der Waals surface area contributed by atoms with Gasteiger partial charge < -0.3 is 5.73 Å². The smallest absolute Gasteiger partial charge is 0.124 e. The molecule has 2 rings (SSSR count). The number of aryl methyl sites for hydroxylation is 1. The maximum atomic E-state index is 13.4. The molecule has 3 nitrogen and oxygen atoms in total. The maximum absolute atomic E-state index is 13.4. The van der Waals surface area contributed by atoms with E-state index in [4.69, 9.17) is 5.73 Å². The first-order valence-corrected chi connectivity index (χ1v) is 7.53. The van der Waals surface area contributed by atoms with Crippen molar-refractivity contribution in [1.29, 1.82) is 0 Å². The van der Waals surface area contributed by atoms with Gasteiger partial charge in [0, 0.05) is 23.5 Å². The monoisotopic (exact) mass is 303 g/mol. The molecule has 5 heteroatoms. The summed E-state index contributed by atoms with van der Waals surface area (Å²) in [5.41, 5.74) is 10.0. The fourth-order valence-corrected chi connectivity index (χ4v) is 2.88. The van der Waals surface area contributed by atoms with Gasteiger partial charge in [0.1, 0.15) is 5.82 Å². The van der Waals surface area contributed by atoms with Crippen molar-refractivity contribution < 1.29 is 4.39 Å². The van der Waals surface area contributed by atoms with Gasteiger partial charge in [-0.05, 0) is 31.7 Å². The van der Waals surface area contributed by atoms with Crippen molar-refractivity contribution in [2.75, 3.05) is 13.6 Å². The highest BCUT2D eigenvalue weighted by Gasteiger charge is 2.09. The number of nitrogens with zero attached hydrogens (tertiary/aromatic N) is 2. The second kappa shape index (κ2) is 7.32. The highest BCUT2D eigenvalue weighted by atomic mass is 32.1. The standard InChI is InChI=1S/C16H18FN3S/c1-12-16(21-11-19-12)10-20(2)9-14-5-6-15(17)8-13(14)4-3-7-18/h5-6,8,11H,7,9-10,18H2,1-2H3. The van der Waals surface area contributed by atoms with Gasteiger partial charge in [0.05, 0.1) is 17.7 Å². The lowest BCUT2D eigenvalue weighted by Gasteiger charge is -2.17. The van der Waals surface area contributed by atoms with Gasteiger partial charge in [-0.1, -0.05) is 17.9 Å². The molecule has 0 atom stereocenters. The van der Waals surface area contributed by atoms with Crippen LogP contribution >= 0.6 is 11.3 Å². The van der Waals surface area contributed by atoms with Crippen LogP contribution in [0.4, 0.5) is 4.39 Å². The molecule has 0 aliphatic rings. The lowest BCUT2D eigenvalue weighted by molar-refractivity contribution is 0.320. The van der Waals surface area contributed by atoms with Crippen LogP contribution in [0.2, 0.25) is 0 Å². The van der Waals surface area contributed by atoms with Crippen LogP contribution in [0.1, 0.15) is 21.7 Å². The summed E-state index contributed by atoms with van der Waals surface area (Å²) in [6.07, 6.45) is 0. The fraction of sp³-hybridized carbons (Fsp3) is 0.312. The van der Waals surface area contributed by atoms with E-state index in [0.717, 1.165) is 17.8 Å². The van der Waals surface area contributed by atoms with E-state index in [1.165, 1.54) is 17.0 Å². The van der Waals surface area contributed by atoms with Gasteiger partial charge in [0.25, 0.3) is 0 Å². The van der Waals surface area contributed by atoms with Crippen molar-refractivity contribution in [3.8, 4) is 11.8 Å². The average molecular weight is 303 g/mol. The van der Waals surface area contributed by atoms with Crippen molar-refractivity contribution in [3.63, 3.8) is 0 Å².